The van der Waals surface area contributed by atoms with Gasteiger partial charge in [-0.2, -0.15) is 0 Å². The summed E-state index contributed by atoms with van der Waals surface area (Å²) in [5, 5.41) is 9.11. The van der Waals surface area contributed by atoms with Gasteiger partial charge in [-0.1, -0.05) is 42.6 Å². The van der Waals surface area contributed by atoms with Gasteiger partial charge in [0.15, 0.2) is 9.84 Å². The van der Waals surface area contributed by atoms with Crippen LogP contribution in [-0.2, 0) is 20.4 Å². The summed E-state index contributed by atoms with van der Waals surface area (Å²) in [5.41, 5.74) is 2.00. The first-order chi connectivity index (χ1) is 14.8. The van der Waals surface area contributed by atoms with Crippen molar-refractivity contribution >= 4 is 44.6 Å². The number of carbonyl (C=O) groups excluding carboxylic acids is 2. The number of benzene rings is 2. The molecule has 31 heavy (non-hydrogen) atoms. The molecule has 2 aromatic rings. The Labute approximate surface area is 186 Å². The van der Waals surface area contributed by atoms with Crippen LogP contribution in [0.2, 0.25) is 5.02 Å². The van der Waals surface area contributed by atoms with E-state index in [-0.39, 0.29) is 23.5 Å². The minimum Gasteiger partial charge on any atom is -0.371 e. The Hall–Kier alpha value is -2.58. The molecule has 0 saturated heterocycles. The summed E-state index contributed by atoms with van der Waals surface area (Å²) < 4.78 is 25.3. The molecule has 1 unspecified atom stereocenters. The van der Waals surface area contributed by atoms with Crippen molar-refractivity contribution in [3.8, 4) is 0 Å². The molecule has 9 heteroatoms. The Kier molecular flexibility index (Phi) is 6.20. The Bertz CT molecular complexity index is 1110. The van der Waals surface area contributed by atoms with Crippen LogP contribution in [0.1, 0.15) is 41.6 Å². The molecule has 4 rings (SSSR count). The number of sulfone groups is 1. The first kappa shape index (κ1) is 21.6. The topological polar surface area (TPSA) is 104 Å². The minimum atomic E-state index is -3.60. The lowest BCUT2D eigenvalue weighted by molar-refractivity contribution is -0.116. The van der Waals surface area contributed by atoms with E-state index in [1.54, 1.807) is 42.5 Å². The zero-order valence-corrected chi connectivity index (χ0v) is 18.4. The van der Waals surface area contributed by atoms with Gasteiger partial charge in [0.05, 0.1) is 22.9 Å². The average Bonchev–Trinajstić information content (AvgIpc) is 3.22. The molecule has 1 saturated carbocycles. The molecule has 0 radical (unpaired) electrons. The van der Waals surface area contributed by atoms with Crippen molar-refractivity contribution in [1.29, 1.82) is 0 Å². The number of hydrogen-bond donors (Lipinski definition) is 3. The smallest absolute Gasteiger partial charge is 0.251 e. The van der Waals surface area contributed by atoms with Crippen LogP contribution in [-0.4, -0.2) is 38.1 Å². The third-order valence-electron chi connectivity index (χ3n) is 5.63. The summed E-state index contributed by atoms with van der Waals surface area (Å²) in [6.07, 6.45) is 4.21. The maximum Gasteiger partial charge on any atom is 0.251 e. The van der Waals surface area contributed by atoms with Gasteiger partial charge in [0.2, 0.25) is 5.91 Å². The zero-order chi connectivity index (χ0) is 22.0. The minimum absolute atomic E-state index is 0.173. The Morgan fingerprint density at radius 1 is 1.10 bits per heavy atom. The number of amides is 2. The first-order valence-electron chi connectivity index (χ1n) is 10.3. The molecule has 0 spiro atoms. The number of nitrogens with one attached hydrogen (secondary N) is 3. The highest BCUT2D eigenvalue weighted by molar-refractivity contribution is 7.90. The van der Waals surface area contributed by atoms with Crippen molar-refractivity contribution in [1.82, 2.24) is 5.32 Å². The fraction of sp³-hybridized carbons (Fsp3) is 0.364. The van der Waals surface area contributed by atoms with Crippen LogP contribution >= 0.6 is 11.6 Å². The van der Waals surface area contributed by atoms with Crippen LogP contribution < -0.4 is 16.0 Å². The largest absolute Gasteiger partial charge is 0.371 e. The predicted octanol–water partition coefficient (Wildman–Crippen LogP) is 3.36. The summed E-state index contributed by atoms with van der Waals surface area (Å²) in [6.45, 7) is 0. The second-order valence-electron chi connectivity index (χ2n) is 8.05. The second kappa shape index (κ2) is 8.88. The van der Waals surface area contributed by atoms with E-state index in [1.807, 2.05) is 0 Å². The molecule has 2 aromatic carbocycles. The van der Waals surface area contributed by atoms with E-state index in [1.165, 1.54) is 0 Å². The quantitative estimate of drug-likeness (QED) is 0.611. The zero-order valence-electron chi connectivity index (χ0n) is 16.9. The number of rotatable bonds is 6. The lowest BCUT2D eigenvalue weighted by Gasteiger charge is -2.27. The predicted molar refractivity (Wildman–Crippen MR) is 121 cm³/mol. The maximum absolute atomic E-state index is 12.7. The van der Waals surface area contributed by atoms with E-state index in [0.717, 1.165) is 25.7 Å². The van der Waals surface area contributed by atoms with Gasteiger partial charge in [0, 0.05) is 16.6 Å². The summed E-state index contributed by atoms with van der Waals surface area (Å²) in [6, 6.07) is 11.0. The van der Waals surface area contributed by atoms with E-state index >= 15 is 0 Å². The van der Waals surface area contributed by atoms with Crippen molar-refractivity contribution in [3.63, 3.8) is 0 Å². The third-order valence-corrected chi connectivity index (χ3v) is 7.59. The van der Waals surface area contributed by atoms with Crippen LogP contribution in [0, 0.1) is 0 Å². The molecule has 3 N–H and O–H groups in total. The summed E-state index contributed by atoms with van der Waals surface area (Å²) >= 11 is 6.07. The fourth-order valence-electron chi connectivity index (χ4n) is 4.01. The van der Waals surface area contributed by atoms with Crippen molar-refractivity contribution in [2.24, 2.45) is 0 Å². The van der Waals surface area contributed by atoms with Crippen LogP contribution in [0.15, 0.2) is 42.5 Å². The number of halogens is 1. The maximum atomic E-state index is 12.7. The van der Waals surface area contributed by atoms with Gasteiger partial charge in [0.25, 0.3) is 5.91 Å². The molecule has 164 valence electrons. The third kappa shape index (κ3) is 5.19. The van der Waals surface area contributed by atoms with Crippen molar-refractivity contribution < 1.29 is 18.0 Å². The van der Waals surface area contributed by atoms with Gasteiger partial charge >= 0.3 is 0 Å². The standard InChI is InChI=1S/C22H24ClN3O4S/c23-17-8-4-1-5-15(17)12-31(29,30)13-20-22(28)26-19-11-14(9-10-18(19)25-20)21(27)24-16-6-2-3-7-16/h1,4-5,8-11,16,20,25H,2-3,6-7,12-13H2,(H,24,27)(H,26,28). The Morgan fingerprint density at radius 2 is 1.84 bits per heavy atom. The summed E-state index contributed by atoms with van der Waals surface area (Å²) in [4.78, 5) is 25.0. The molecular weight excluding hydrogens is 438 g/mol. The average molecular weight is 462 g/mol. The van der Waals surface area contributed by atoms with E-state index in [2.05, 4.69) is 16.0 Å². The van der Waals surface area contributed by atoms with Crippen LogP contribution in [0.4, 0.5) is 11.4 Å². The van der Waals surface area contributed by atoms with Gasteiger partial charge in [-0.3, -0.25) is 9.59 Å². The van der Waals surface area contributed by atoms with Crippen molar-refractivity contribution in [2.75, 3.05) is 16.4 Å². The van der Waals surface area contributed by atoms with Gasteiger partial charge in [-0.15, -0.1) is 0 Å². The SMILES string of the molecule is O=C(NC1CCCC1)c1ccc2c(c1)NC(=O)C(CS(=O)(=O)Cc1ccccc1Cl)N2. The monoisotopic (exact) mass is 461 g/mol. The van der Waals surface area contributed by atoms with E-state index < -0.39 is 21.8 Å². The molecule has 1 atom stereocenters. The lowest BCUT2D eigenvalue weighted by atomic mass is 10.1. The van der Waals surface area contributed by atoms with E-state index in [0.29, 0.717) is 27.5 Å². The van der Waals surface area contributed by atoms with Gasteiger partial charge < -0.3 is 16.0 Å². The molecule has 2 aliphatic rings. The molecular formula is C22H24ClN3O4S. The fourth-order valence-corrected chi connectivity index (χ4v) is 5.88. The summed E-state index contributed by atoms with van der Waals surface area (Å²) in [7, 11) is -3.60. The molecule has 1 heterocycles. The number of anilines is 2. The number of fused-ring (bicyclic) bond motifs is 1. The van der Waals surface area contributed by atoms with Gasteiger partial charge in [-0.05, 0) is 42.7 Å². The molecule has 1 aliphatic heterocycles. The highest BCUT2D eigenvalue weighted by Crippen LogP contribution is 2.29. The van der Waals surface area contributed by atoms with Gasteiger partial charge in [0.1, 0.15) is 6.04 Å². The Morgan fingerprint density at radius 3 is 2.58 bits per heavy atom. The molecule has 1 aliphatic carbocycles. The van der Waals surface area contributed by atoms with E-state index in [4.69, 9.17) is 11.6 Å². The van der Waals surface area contributed by atoms with Crippen LogP contribution in [0.5, 0.6) is 0 Å². The normalized spacial score (nSPS) is 18.7. The van der Waals surface area contributed by atoms with Crippen LogP contribution in [0.3, 0.4) is 0 Å². The first-order valence-corrected chi connectivity index (χ1v) is 12.5. The molecule has 0 bridgehead atoms. The lowest BCUT2D eigenvalue weighted by Crippen LogP contribution is -2.43. The van der Waals surface area contributed by atoms with Crippen LogP contribution in [0.25, 0.3) is 0 Å². The van der Waals surface area contributed by atoms with Gasteiger partial charge in [-0.25, -0.2) is 8.42 Å². The molecule has 0 aromatic heterocycles. The summed E-state index contributed by atoms with van der Waals surface area (Å²) in [5.74, 6) is -1.24. The second-order valence-corrected chi connectivity index (χ2v) is 10.6. The van der Waals surface area contributed by atoms with Crippen molar-refractivity contribution in [2.45, 2.75) is 43.5 Å². The molecule has 2 amide bonds. The highest BCUT2D eigenvalue weighted by atomic mass is 35.5. The number of hydrogen-bond acceptors (Lipinski definition) is 5. The highest BCUT2D eigenvalue weighted by Gasteiger charge is 2.31. The molecule has 7 nitrogen and oxygen atoms in total. The molecule has 1 fully saturated rings. The number of carbonyl (C=O) groups is 2. The van der Waals surface area contributed by atoms with E-state index in [9.17, 15) is 18.0 Å². The van der Waals surface area contributed by atoms with Crippen molar-refractivity contribution in [3.05, 3.63) is 58.6 Å². The Balaban J connectivity index is 1.44.